The Hall–Kier alpha value is -1.61. The molecule has 0 spiro atoms. The number of aromatic hydroxyl groups is 1. The van der Waals surface area contributed by atoms with Crippen LogP contribution in [0.2, 0.25) is 0 Å². The molecule has 0 aliphatic rings. The fourth-order valence-electron chi connectivity index (χ4n) is 1.08. The number of benzene rings is 1. The van der Waals surface area contributed by atoms with E-state index >= 15 is 0 Å². The van der Waals surface area contributed by atoms with Crippen molar-refractivity contribution < 1.29 is 5.11 Å². The Bertz CT molecular complexity index is 382. The van der Waals surface area contributed by atoms with Crippen LogP contribution in [0.3, 0.4) is 0 Å². The fourth-order valence-corrected chi connectivity index (χ4v) is 1.08. The standard InChI is InChI=1S/C9H7NO.H3N/c11-9-5-6-10-8-4-2-1-3-7(8)9;/h1-6H,(H,10,11);1H3. The van der Waals surface area contributed by atoms with Gasteiger partial charge in [0.25, 0.3) is 0 Å². The molecule has 62 valence electrons. The maximum Gasteiger partial charge on any atom is 0.126 e. The number of rotatable bonds is 0. The molecule has 0 saturated heterocycles. The molecule has 0 saturated carbocycles. The van der Waals surface area contributed by atoms with Gasteiger partial charge in [0.1, 0.15) is 5.75 Å². The van der Waals surface area contributed by atoms with E-state index in [-0.39, 0.29) is 11.9 Å². The van der Waals surface area contributed by atoms with Crippen molar-refractivity contribution in [2.24, 2.45) is 0 Å². The van der Waals surface area contributed by atoms with Gasteiger partial charge in [0, 0.05) is 11.6 Å². The van der Waals surface area contributed by atoms with Gasteiger partial charge in [-0.25, -0.2) is 0 Å². The second-order valence-electron chi connectivity index (χ2n) is 2.35. The van der Waals surface area contributed by atoms with Crippen LogP contribution in [0.4, 0.5) is 0 Å². The third-order valence-electron chi connectivity index (χ3n) is 1.63. The number of hydrogen-bond donors (Lipinski definition) is 2. The molecule has 2 rings (SSSR count). The zero-order valence-corrected chi connectivity index (χ0v) is 6.57. The highest BCUT2D eigenvalue weighted by Gasteiger charge is 1.95. The Labute approximate surface area is 70.3 Å². The lowest BCUT2D eigenvalue weighted by molar-refractivity contribution is 0.481. The topological polar surface area (TPSA) is 68.1 Å². The maximum atomic E-state index is 9.33. The zero-order chi connectivity index (χ0) is 7.68. The number of para-hydroxylation sites is 1. The van der Waals surface area contributed by atoms with Gasteiger partial charge in [0.15, 0.2) is 0 Å². The van der Waals surface area contributed by atoms with Gasteiger partial charge in [-0.05, 0) is 18.2 Å². The Kier molecular flexibility index (Phi) is 2.26. The van der Waals surface area contributed by atoms with Crippen molar-refractivity contribution in [3.05, 3.63) is 36.5 Å². The number of aromatic nitrogens is 1. The summed E-state index contributed by atoms with van der Waals surface area (Å²) in [4.78, 5) is 4.08. The van der Waals surface area contributed by atoms with Crippen LogP contribution in [-0.4, -0.2) is 10.1 Å². The molecule has 0 amide bonds. The van der Waals surface area contributed by atoms with Crippen molar-refractivity contribution in [1.82, 2.24) is 11.1 Å². The van der Waals surface area contributed by atoms with Gasteiger partial charge in [0.05, 0.1) is 5.52 Å². The van der Waals surface area contributed by atoms with Crippen LogP contribution in [0, 0.1) is 0 Å². The summed E-state index contributed by atoms with van der Waals surface area (Å²) in [5.74, 6) is 0.288. The minimum Gasteiger partial charge on any atom is -0.507 e. The third kappa shape index (κ3) is 1.22. The van der Waals surface area contributed by atoms with Gasteiger partial charge in [-0.3, -0.25) is 4.98 Å². The molecule has 0 radical (unpaired) electrons. The lowest BCUT2D eigenvalue weighted by Crippen LogP contribution is -1.76. The van der Waals surface area contributed by atoms with Crippen LogP contribution in [0.5, 0.6) is 5.75 Å². The normalized spacial score (nSPS) is 9.33. The number of nitrogens with zero attached hydrogens (tertiary/aromatic N) is 1. The summed E-state index contributed by atoms with van der Waals surface area (Å²) >= 11 is 0. The molecule has 1 aromatic heterocycles. The lowest BCUT2D eigenvalue weighted by Gasteiger charge is -1.96. The molecule has 3 heteroatoms. The quantitative estimate of drug-likeness (QED) is 0.623. The van der Waals surface area contributed by atoms with E-state index in [0.717, 1.165) is 10.9 Å². The molecule has 0 bridgehead atoms. The maximum absolute atomic E-state index is 9.33. The van der Waals surface area contributed by atoms with Gasteiger partial charge >= 0.3 is 0 Å². The second-order valence-corrected chi connectivity index (χ2v) is 2.35. The van der Waals surface area contributed by atoms with Gasteiger partial charge in [-0.15, -0.1) is 0 Å². The molecule has 0 aliphatic heterocycles. The van der Waals surface area contributed by atoms with E-state index in [1.165, 1.54) is 0 Å². The number of fused-ring (bicyclic) bond motifs is 1. The van der Waals surface area contributed by atoms with Crippen molar-refractivity contribution in [3.63, 3.8) is 0 Å². The molecule has 0 unspecified atom stereocenters. The van der Waals surface area contributed by atoms with E-state index in [4.69, 9.17) is 0 Å². The zero-order valence-electron chi connectivity index (χ0n) is 6.57. The molecular weight excluding hydrogens is 152 g/mol. The summed E-state index contributed by atoms with van der Waals surface area (Å²) in [5.41, 5.74) is 0.826. The summed E-state index contributed by atoms with van der Waals surface area (Å²) in [5, 5.41) is 10.1. The summed E-state index contributed by atoms with van der Waals surface area (Å²) in [6, 6.07) is 9.08. The number of hydrogen-bond acceptors (Lipinski definition) is 3. The molecular formula is C9H10N2O. The molecule has 0 fully saturated rings. The summed E-state index contributed by atoms with van der Waals surface area (Å²) < 4.78 is 0. The van der Waals surface area contributed by atoms with Crippen molar-refractivity contribution in [3.8, 4) is 5.75 Å². The predicted octanol–water partition coefficient (Wildman–Crippen LogP) is 2.10. The first-order valence-corrected chi connectivity index (χ1v) is 3.40. The molecule has 12 heavy (non-hydrogen) atoms. The van der Waals surface area contributed by atoms with E-state index in [1.807, 2.05) is 24.3 Å². The molecule has 1 aromatic carbocycles. The van der Waals surface area contributed by atoms with Gasteiger partial charge < -0.3 is 11.3 Å². The molecule has 0 aliphatic carbocycles. The highest BCUT2D eigenvalue weighted by Crippen LogP contribution is 2.20. The Morgan fingerprint density at radius 3 is 2.58 bits per heavy atom. The van der Waals surface area contributed by atoms with E-state index < -0.39 is 0 Å². The first-order valence-electron chi connectivity index (χ1n) is 3.40. The van der Waals surface area contributed by atoms with E-state index in [9.17, 15) is 5.11 Å². The lowest BCUT2D eigenvalue weighted by atomic mass is 10.2. The largest absolute Gasteiger partial charge is 0.507 e. The molecule has 2 aromatic rings. The van der Waals surface area contributed by atoms with Crippen LogP contribution >= 0.6 is 0 Å². The van der Waals surface area contributed by atoms with Crippen LogP contribution in [-0.2, 0) is 0 Å². The first-order chi connectivity index (χ1) is 5.38. The van der Waals surface area contributed by atoms with Crippen molar-refractivity contribution in [1.29, 1.82) is 0 Å². The van der Waals surface area contributed by atoms with Crippen LogP contribution in [0.15, 0.2) is 36.5 Å². The van der Waals surface area contributed by atoms with Crippen LogP contribution < -0.4 is 6.15 Å². The minimum absolute atomic E-state index is 0. The van der Waals surface area contributed by atoms with E-state index in [2.05, 4.69) is 4.98 Å². The van der Waals surface area contributed by atoms with E-state index in [0.29, 0.717) is 0 Å². The summed E-state index contributed by atoms with van der Waals surface area (Å²) in [7, 11) is 0. The summed E-state index contributed by atoms with van der Waals surface area (Å²) in [6.45, 7) is 0. The molecule has 0 atom stereocenters. The average Bonchev–Trinajstić information content (AvgIpc) is 2.06. The van der Waals surface area contributed by atoms with Crippen molar-refractivity contribution >= 4 is 10.9 Å². The Morgan fingerprint density at radius 1 is 1.08 bits per heavy atom. The second kappa shape index (κ2) is 3.19. The highest BCUT2D eigenvalue weighted by atomic mass is 16.3. The molecule has 1 heterocycles. The smallest absolute Gasteiger partial charge is 0.126 e. The monoisotopic (exact) mass is 162 g/mol. The minimum atomic E-state index is 0. The average molecular weight is 162 g/mol. The van der Waals surface area contributed by atoms with Crippen LogP contribution in [0.25, 0.3) is 10.9 Å². The van der Waals surface area contributed by atoms with Gasteiger partial charge in [-0.1, -0.05) is 12.1 Å². The number of pyridine rings is 1. The first kappa shape index (κ1) is 8.49. The van der Waals surface area contributed by atoms with Gasteiger partial charge in [-0.2, -0.15) is 0 Å². The van der Waals surface area contributed by atoms with Crippen molar-refractivity contribution in [2.75, 3.05) is 0 Å². The molecule has 3 nitrogen and oxygen atoms in total. The predicted molar refractivity (Wildman–Crippen MR) is 48.4 cm³/mol. The third-order valence-corrected chi connectivity index (χ3v) is 1.63. The van der Waals surface area contributed by atoms with Gasteiger partial charge in [0.2, 0.25) is 0 Å². The van der Waals surface area contributed by atoms with E-state index in [1.54, 1.807) is 12.3 Å². The Balaban J connectivity index is 0.000000720. The van der Waals surface area contributed by atoms with Crippen LogP contribution in [0.1, 0.15) is 0 Å². The SMILES string of the molecule is N.Oc1ccnc2ccccc12. The fraction of sp³-hybridized carbons (Fsp3) is 0. The summed E-state index contributed by atoms with van der Waals surface area (Å²) in [6.07, 6.45) is 1.59. The molecule has 4 N–H and O–H groups in total. The van der Waals surface area contributed by atoms with Crippen molar-refractivity contribution in [2.45, 2.75) is 0 Å². The Morgan fingerprint density at radius 2 is 1.83 bits per heavy atom. The highest BCUT2D eigenvalue weighted by molar-refractivity contribution is 5.84.